The summed E-state index contributed by atoms with van der Waals surface area (Å²) in [5.74, 6) is -1.72. The van der Waals surface area contributed by atoms with E-state index in [2.05, 4.69) is 16.0 Å². The SMILES string of the molecule is COC(=O)N[C@@H](C(=O)NC(C(=O)[C@@H]1CCCN1)C1=CON(C(=N)N)C1)C(c1ccccc1)c1ccccc1. The second-order valence-corrected chi connectivity index (χ2v) is 9.13. The molecule has 3 atom stereocenters. The standard InChI is InChI=1S/C27H32N6O5/c1-37-27(36)32-23(21(17-9-4-2-5-10-17)18-11-6-3-7-12-18)25(35)31-22(24(34)20-13-8-14-30-20)19-15-33(26(28)29)38-16-19/h2-7,9-12,16,20-23,30H,8,13-15H2,1H3,(H3,28,29)(H,31,35)(H,32,36)/t20-,22?,23+/m0/s1. The first-order chi connectivity index (χ1) is 18.4. The smallest absolute Gasteiger partial charge is 0.407 e. The van der Waals surface area contributed by atoms with Crippen LogP contribution in [-0.2, 0) is 19.2 Å². The number of benzene rings is 2. The molecule has 200 valence electrons. The van der Waals surface area contributed by atoms with Gasteiger partial charge in [0, 0.05) is 11.5 Å². The Morgan fingerprint density at radius 3 is 2.21 bits per heavy atom. The lowest BCUT2D eigenvalue weighted by Crippen LogP contribution is -2.57. The predicted octanol–water partition coefficient (Wildman–Crippen LogP) is 1.37. The summed E-state index contributed by atoms with van der Waals surface area (Å²) in [6, 6.07) is 16.0. The van der Waals surface area contributed by atoms with Gasteiger partial charge in [0.15, 0.2) is 5.78 Å². The number of nitrogens with zero attached hydrogens (tertiary/aromatic N) is 1. The molecule has 11 heteroatoms. The molecule has 2 aliphatic rings. The zero-order valence-electron chi connectivity index (χ0n) is 21.1. The van der Waals surface area contributed by atoms with Crippen molar-refractivity contribution in [3.05, 3.63) is 83.6 Å². The van der Waals surface area contributed by atoms with Crippen molar-refractivity contribution in [2.24, 2.45) is 5.73 Å². The maximum absolute atomic E-state index is 14.0. The third-order valence-electron chi connectivity index (χ3n) is 6.66. The zero-order chi connectivity index (χ0) is 27.1. The van der Waals surface area contributed by atoms with Crippen LogP contribution < -0.4 is 21.7 Å². The number of methoxy groups -OCH3 is 1. The van der Waals surface area contributed by atoms with E-state index in [1.165, 1.54) is 13.4 Å². The molecule has 11 nitrogen and oxygen atoms in total. The Bertz CT molecular complexity index is 1140. The first-order valence-electron chi connectivity index (χ1n) is 12.4. The third-order valence-corrected chi connectivity index (χ3v) is 6.66. The van der Waals surface area contributed by atoms with Crippen LogP contribution in [-0.4, -0.2) is 67.1 Å². The molecule has 2 aliphatic heterocycles. The predicted molar refractivity (Wildman–Crippen MR) is 140 cm³/mol. The first-order valence-corrected chi connectivity index (χ1v) is 12.4. The van der Waals surface area contributed by atoms with Gasteiger partial charge in [0.2, 0.25) is 11.9 Å². The van der Waals surface area contributed by atoms with E-state index in [9.17, 15) is 14.4 Å². The van der Waals surface area contributed by atoms with Crippen LogP contribution in [0, 0.1) is 5.41 Å². The monoisotopic (exact) mass is 520 g/mol. The first kappa shape index (κ1) is 26.7. The lowest BCUT2D eigenvalue weighted by Gasteiger charge is -2.30. The highest BCUT2D eigenvalue weighted by molar-refractivity contribution is 5.97. The highest BCUT2D eigenvalue weighted by Crippen LogP contribution is 2.29. The van der Waals surface area contributed by atoms with Gasteiger partial charge in [0.25, 0.3) is 0 Å². The van der Waals surface area contributed by atoms with Crippen molar-refractivity contribution in [3.63, 3.8) is 0 Å². The van der Waals surface area contributed by atoms with Crippen molar-refractivity contribution in [1.29, 1.82) is 5.41 Å². The maximum Gasteiger partial charge on any atom is 0.407 e. The lowest BCUT2D eigenvalue weighted by atomic mass is 9.84. The summed E-state index contributed by atoms with van der Waals surface area (Å²) in [7, 11) is 1.22. The van der Waals surface area contributed by atoms with Crippen molar-refractivity contribution >= 4 is 23.7 Å². The quantitative estimate of drug-likeness (QED) is 0.245. The van der Waals surface area contributed by atoms with Gasteiger partial charge in [-0.25, -0.2) is 4.79 Å². The van der Waals surface area contributed by atoms with Gasteiger partial charge in [0.1, 0.15) is 18.3 Å². The number of ketones is 1. The minimum Gasteiger partial charge on any atom is -0.453 e. The molecule has 0 saturated carbocycles. The Hall–Kier alpha value is -4.38. The summed E-state index contributed by atoms with van der Waals surface area (Å²) in [6.07, 6.45) is 2.01. The lowest BCUT2D eigenvalue weighted by molar-refractivity contribution is -0.129. The second kappa shape index (κ2) is 12.2. The summed E-state index contributed by atoms with van der Waals surface area (Å²) in [6.45, 7) is 0.734. The van der Waals surface area contributed by atoms with Gasteiger partial charge in [-0.1, -0.05) is 60.7 Å². The molecule has 1 fully saturated rings. The summed E-state index contributed by atoms with van der Waals surface area (Å²) in [5, 5.41) is 17.5. The number of amides is 2. The van der Waals surface area contributed by atoms with Gasteiger partial charge in [-0.15, -0.1) is 0 Å². The van der Waals surface area contributed by atoms with E-state index in [-0.39, 0.29) is 18.3 Å². The number of Topliss-reactive ketones (excluding diaryl/α,β-unsaturated/α-hetero) is 1. The minimum absolute atomic E-state index is 0.0363. The normalized spacial score (nSPS) is 18.2. The molecule has 2 aromatic rings. The Kier molecular flexibility index (Phi) is 8.59. The summed E-state index contributed by atoms with van der Waals surface area (Å²) < 4.78 is 4.84. The van der Waals surface area contributed by atoms with E-state index in [0.29, 0.717) is 18.5 Å². The van der Waals surface area contributed by atoms with Gasteiger partial charge in [-0.3, -0.25) is 15.0 Å². The molecule has 0 bridgehead atoms. The number of ether oxygens (including phenoxy) is 1. The average molecular weight is 521 g/mol. The van der Waals surface area contributed by atoms with Crippen LogP contribution in [0.3, 0.4) is 0 Å². The summed E-state index contributed by atoms with van der Waals surface area (Å²) in [5.41, 5.74) is 7.58. The largest absolute Gasteiger partial charge is 0.453 e. The number of hydrogen-bond donors (Lipinski definition) is 5. The van der Waals surface area contributed by atoms with Crippen LogP contribution in [0.15, 0.2) is 72.5 Å². The molecule has 2 heterocycles. The second-order valence-electron chi connectivity index (χ2n) is 9.13. The Morgan fingerprint density at radius 1 is 1.08 bits per heavy atom. The number of nitrogens with two attached hydrogens (primary N) is 1. The van der Waals surface area contributed by atoms with Crippen molar-refractivity contribution in [2.45, 2.75) is 36.9 Å². The number of carbonyl (C=O) groups excluding carboxylic acids is 3. The molecule has 0 radical (unpaired) electrons. The number of guanidine groups is 1. The number of carbonyl (C=O) groups is 3. The van der Waals surface area contributed by atoms with Crippen molar-refractivity contribution in [2.75, 3.05) is 20.2 Å². The van der Waals surface area contributed by atoms with Gasteiger partial charge in [-0.05, 0) is 30.5 Å². The molecule has 0 aromatic heterocycles. The Balaban J connectivity index is 1.69. The van der Waals surface area contributed by atoms with Gasteiger partial charge < -0.3 is 31.3 Å². The van der Waals surface area contributed by atoms with Gasteiger partial charge in [-0.2, -0.15) is 5.06 Å². The average Bonchev–Trinajstić information content (AvgIpc) is 3.65. The number of alkyl carbamates (subject to hydrolysis) is 1. The third kappa shape index (κ3) is 6.12. The molecule has 0 spiro atoms. The molecular formula is C27H32N6O5. The number of rotatable bonds is 9. The fraction of sp³-hybridized carbons (Fsp3) is 0.333. The van der Waals surface area contributed by atoms with Crippen molar-refractivity contribution in [3.8, 4) is 0 Å². The fourth-order valence-corrected chi connectivity index (χ4v) is 4.76. The van der Waals surface area contributed by atoms with Crippen LogP contribution in [0.4, 0.5) is 4.79 Å². The van der Waals surface area contributed by atoms with E-state index in [1.807, 2.05) is 60.7 Å². The van der Waals surface area contributed by atoms with Crippen molar-refractivity contribution < 1.29 is 24.0 Å². The topological polar surface area (TPSA) is 159 Å². The van der Waals surface area contributed by atoms with Crippen molar-refractivity contribution in [1.82, 2.24) is 21.0 Å². The van der Waals surface area contributed by atoms with E-state index < -0.39 is 36.0 Å². The fourth-order valence-electron chi connectivity index (χ4n) is 4.76. The van der Waals surface area contributed by atoms with Gasteiger partial charge >= 0.3 is 6.09 Å². The molecule has 38 heavy (non-hydrogen) atoms. The summed E-state index contributed by atoms with van der Waals surface area (Å²) >= 11 is 0. The van der Waals surface area contributed by atoms with Crippen LogP contribution in [0.5, 0.6) is 0 Å². The van der Waals surface area contributed by atoms with Crippen LogP contribution in [0.1, 0.15) is 29.9 Å². The van der Waals surface area contributed by atoms with Gasteiger partial charge in [0.05, 0.1) is 19.7 Å². The van der Waals surface area contributed by atoms with Crippen LogP contribution in [0.25, 0.3) is 0 Å². The van der Waals surface area contributed by atoms with Crippen LogP contribution in [0.2, 0.25) is 0 Å². The minimum atomic E-state index is -1.12. The molecule has 6 N–H and O–H groups in total. The molecule has 2 amide bonds. The highest BCUT2D eigenvalue weighted by Gasteiger charge is 2.39. The number of nitrogens with one attached hydrogen (secondary N) is 4. The zero-order valence-corrected chi connectivity index (χ0v) is 21.1. The molecule has 0 aliphatic carbocycles. The Morgan fingerprint density at radius 2 is 1.71 bits per heavy atom. The molecule has 2 aromatic carbocycles. The van der Waals surface area contributed by atoms with E-state index in [4.69, 9.17) is 20.7 Å². The Labute approximate surface area is 220 Å². The van der Waals surface area contributed by atoms with E-state index in [1.54, 1.807) is 0 Å². The molecule has 1 saturated heterocycles. The number of hydrogen-bond acceptors (Lipinski definition) is 7. The van der Waals surface area contributed by atoms with Crippen LogP contribution >= 0.6 is 0 Å². The highest BCUT2D eigenvalue weighted by atomic mass is 16.7. The van der Waals surface area contributed by atoms with E-state index >= 15 is 0 Å². The summed E-state index contributed by atoms with van der Waals surface area (Å²) in [4.78, 5) is 45.3. The molecular weight excluding hydrogens is 488 g/mol. The van der Waals surface area contributed by atoms with E-state index in [0.717, 1.165) is 22.6 Å². The maximum atomic E-state index is 14.0. The molecule has 1 unspecified atom stereocenters. The number of hydroxylamine groups is 2. The molecule has 4 rings (SSSR count).